The number of rotatable bonds is 7. The Kier molecular flexibility index (Phi) is 6.42. The Hall–Kier alpha value is -3.32. The van der Waals surface area contributed by atoms with Crippen LogP contribution in [0.3, 0.4) is 0 Å². The summed E-state index contributed by atoms with van der Waals surface area (Å²) in [6, 6.07) is 22.3. The summed E-state index contributed by atoms with van der Waals surface area (Å²) in [6.07, 6.45) is 0. The second-order valence-corrected chi connectivity index (χ2v) is 8.79. The molecule has 0 heterocycles. The molecule has 0 aliphatic carbocycles. The third-order valence-electron chi connectivity index (χ3n) is 4.60. The fraction of sp³-hybridized carbons (Fsp3) is 0.174. The predicted molar refractivity (Wildman–Crippen MR) is 117 cm³/mol. The van der Waals surface area contributed by atoms with E-state index >= 15 is 0 Å². The topological polar surface area (TPSA) is 66.9 Å². The van der Waals surface area contributed by atoms with Gasteiger partial charge in [-0.25, -0.2) is 8.42 Å². The van der Waals surface area contributed by atoms with Crippen LogP contribution < -0.4 is 9.04 Å². The van der Waals surface area contributed by atoms with Gasteiger partial charge in [0.05, 0.1) is 24.2 Å². The molecule has 156 valence electrons. The number of hydrogen-bond acceptors (Lipinski definition) is 4. The Morgan fingerprint density at radius 1 is 0.900 bits per heavy atom. The average molecular weight is 425 g/mol. The standard InChI is InChI=1S/C23H24N2O4S/c1-24(2)23(26)19-10-7-11-22(16-19)30(27,28)25(17-18-8-5-4-6-9-18)20-12-14-21(29-3)15-13-20/h4-16H,17H2,1-3H3. The van der Waals surface area contributed by atoms with Crippen molar-refractivity contribution in [3.8, 4) is 5.75 Å². The van der Waals surface area contributed by atoms with Crippen LogP contribution in [0.15, 0.2) is 83.8 Å². The quantitative estimate of drug-likeness (QED) is 0.579. The van der Waals surface area contributed by atoms with E-state index in [1.165, 1.54) is 21.3 Å². The van der Waals surface area contributed by atoms with Gasteiger partial charge in [0.2, 0.25) is 0 Å². The van der Waals surface area contributed by atoms with Crippen LogP contribution in [-0.2, 0) is 16.6 Å². The first-order valence-electron chi connectivity index (χ1n) is 9.35. The van der Waals surface area contributed by atoms with Crippen LogP contribution in [0.2, 0.25) is 0 Å². The van der Waals surface area contributed by atoms with Gasteiger partial charge >= 0.3 is 0 Å². The van der Waals surface area contributed by atoms with Gasteiger partial charge in [-0.2, -0.15) is 0 Å². The lowest BCUT2D eigenvalue weighted by atomic mass is 10.2. The minimum absolute atomic E-state index is 0.0574. The zero-order valence-electron chi connectivity index (χ0n) is 17.1. The minimum Gasteiger partial charge on any atom is -0.497 e. The van der Waals surface area contributed by atoms with E-state index in [1.807, 2.05) is 30.3 Å². The molecule has 0 radical (unpaired) electrons. The number of carbonyl (C=O) groups excluding carboxylic acids is 1. The van der Waals surface area contributed by atoms with E-state index in [2.05, 4.69) is 0 Å². The zero-order valence-corrected chi connectivity index (χ0v) is 18.0. The molecule has 30 heavy (non-hydrogen) atoms. The van der Waals surface area contributed by atoms with E-state index in [-0.39, 0.29) is 17.3 Å². The van der Waals surface area contributed by atoms with Crippen molar-refractivity contribution in [1.82, 2.24) is 4.90 Å². The van der Waals surface area contributed by atoms with Crippen molar-refractivity contribution in [2.24, 2.45) is 0 Å². The number of benzene rings is 3. The first-order valence-corrected chi connectivity index (χ1v) is 10.8. The Bertz CT molecular complexity index is 1110. The maximum Gasteiger partial charge on any atom is 0.264 e. The molecule has 0 bridgehead atoms. The third kappa shape index (κ3) is 4.63. The molecule has 0 saturated carbocycles. The number of methoxy groups -OCH3 is 1. The fourth-order valence-corrected chi connectivity index (χ4v) is 4.49. The van der Waals surface area contributed by atoms with Crippen LogP contribution in [0.1, 0.15) is 15.9 Å². The summed E-state index contributed by atoms with van der Waals surface area (Å²) >= 11 is 0. The molecule has 6 nitrogen and oxygen atoms in total. The zero-order chi connectivity index (χ0) is 21.7. The van der Waals surface area contributed by atoms with Gasteiger partial charge in [-0.05, 0) is 48.0 Å². The maximum atomic E-state index is 13.6. The van der Waals surface area contributed by atoms with Crippen molar-refractivity contribution in [1.29, 1.82) is 0 Å². The van der Waals surface area contributed by atoms with Crippen molar-refractivity contribution in [3.05, 3.63) is 90.0 Å². The fourth-order valence-electron chi connectivity index (χ4n) is 2.99. The molecule has 0 unspecified atom stereocenters. The first-order chi connectivity index (χ1) is 14.3. The molecule has 3 aromatic rings. The number of hydrogen-bond donors (Lipinski definition) is 0. The van der Waals surface area contributed by atoms with E-state index in [9.17, 15) is 13.2 Å². The van der Waals surface area contributed by atoms with Crippen LogP contribution in [0.5, 0.6) is 5.75 Å². The Morgan fingerprint density at radius 2 is 1.57 bits per heavy atom. The van der Waals surface area contributed by atoms with Crippen LogP contribution >= 0.6 is 0 Å². The van der Waals surface area contributed by atoms with Gasteiger partial charge in [-0.15, -0.1) is 0 Å². The van der Waals surface area contributed by atoms with Crippen LogP contribution in [0.25, 0.3) is 0 Å². The van der Waals surface area contributed by atoms with Crippen molar-refractivity contribution >= 4 is 21.6 Å². The highest BCUT2D eigenvalue weighted by molar-refractivity contribution is 7.92. The van der Waals surface area contributed by atoms with Gasteiger partial charge in [0.15, 0.2) is 0 Å². The monoisotopic (exact) mass is 424 g/mol. The van der Waals surface area contributed by atoms with E-state index in [0.717, 1.165) is 5.56 Å². The lowest BCUT2D eigenvalue weighted by molar-refractivity contribution is 0.0827. The highest BCUT2D eigenvalue weighted by atomic mass is 32.2. The summed E-state index contributed by atoms with van der Waals surface area (Å²) in [5.74, 6) is 0.375. The van der Waals surface area contributed by atoms with Crippen molar-refractivity contribution < 1.29 is 17.9 Å². The van der Waals surface area contributed by atoms with Gasteiger partial charge in [0, 0.05) is 19.7 Å². The number of ether oxygens (including phenoxy) is 1. The number of anilines is 1. The molecular weight excluding hydrogens is 400 g/mol. The van der Waals surface area contributed by atoms with E-state index in [4.69, 9.17) is 4.74 Å². The molecule has 0 aliphatic heterocycles. The van der Waals surface area contributed by atoms with Gasteiger partial charge in [-0.1, -0.05) is 36.4 Å². The predicted octanol–water partition coefficient (Wildman–Crippen LogP) is 3.79. The SMILES string of the molecule is COc1ccc(N(Cc2ccccc2)S(=O)(=O)c2cccc(C(=O)N(C)C)c2)cc1. The summed E-state index contributed by atoms with van der Waals surface area (Å²) in [4.78, 5) is 13.8. The maximum absolute atomic E-state index is 13.6. The summed E-state index contributed by atoms with van der Waals surface area (Å²) < 4.78 is 33.7. The molecule has 0 aliphatic rings. The molecule has 0 saturated heterocycles. The molecule has 0 N–H and O–H groups in total. The van der Waals surface area contributed by atoms with Crippen molar-refractivity contribution in [3.63, 3.8) is 0 Å². The smallest absolute Gasteiger partial charge is 0.264 e. The summed E-state index contributed by atoms with van der Waals surface area (Å²) in [6.45, 7) is 0.154. The Labute approximate surface area is 177 Å². The lowest BCUT2D eigenvalue weighted by Crippen LogP contribution is -2.31. The molecule has 0 spiro atoms. The molecule has 1 amide bonds. The van der Waals surface area contributed by atoms with E-state index in [1.54, 1.807) is 57.6 Å². The molecule has 0 atom stereocenters. The number of amides is 1. The largest absolute Gasteiger partial charge is 0.497 e. The summed E-state index contributed by atoms with van der Waals surface area (Å²) in [5, 5.41) is 0. The molecule has 3 aromatic carbocycles. The normalized spacial score (nSPS) is 11.0. The van der Waals surface area contributed by atoms with Crippen LogP contribution in [-0.4, -0.2) is 40.4 Å². The molecular formula is C23H24N2O4S. The molecule has 0 aromatic heterocycles. The van der Waals surface area contributed by atoms with Gasteiger partial charge < -0.3 is 9.64 Å². The third-order valence-corrected chi connectivity index (χ3v) is 6.37. The average Bonchev–Trinajstić information content (AvgIpc) is 2.77. The van der Waals surface area contributed by atoms with E-state index in [0.29, 0.717) is 17.0 Å². The number of sulfonamides is 1. The highest BCUT2D eigenvalue weighted by Crippen LogP contribution is 2.28. The highest BCUT2D eigenvalue weighted by Gasteiger charge is 2.26. The lowest BCUT2D eigenvalue weighted by Gasteiger charge is -2.25. The molecule has 0 fully saturated rings. The minimum atomic E-state index is -3.93. The first kappa shape index (κ1) is 21.4. The van der Waals surface area contributed by atoms with Gasteiger partial charge in [0.1, 0.15) is 5.75 Å². The summed E-state index contributed by atoms with van der Waals surface area (Å²) in [5.41, 5.74) is 1.66. The second kappa shape index (κ2) is 9.00. The van der Waals surface area contributed by atoms with Crippen molar-refractivity contribution in [2.45, 2.75) is 11.4 Å². The Balaban J connectivity index is 2.07. The summed E-state index contributed by atoms with van der Waals surface area (Å²) in [7, 11) is 0.880. The molecule has 7 heteroatoms. The van der Waals surface area contributed by atoms with Crippen molar-refractivity contribution in [2.75, 3.05) is 25.5 Å². The van der Waals surface area contributed by atoms with Gasteiger partial charge in [0.25, 0.3) is 15.9 Å². The van der Waals surface area contributed by atoms with Gasteiger partial charge in [-0.3, -0.25) is 9.10 Å². The number of nitrogens with zero attached hydrogens (tertiary/aromatic N) is 2. The van der Waals surface area contributed by atoms with Crippen LogP contribution in [0, 0.1) is 0 Å². The van der Waals surface area contributed by atoms with E-state index < -0.39 is 10.0 Å². The number of carbonyl (C=O) groups is 1. The Morgan fingerprint density at radius 3 is 2.17 bits per heavy atom. The molecule has 3 rings (SSSR count). The second-order valence-electron chi connectivity index (χ2n) is 6.92. The van der Waals surface area contributed by atoms with Crippen LogP contribution in [0.4, 0.5) is 5.69 Å².